The summed E-state index contributed by atoms with van der Waals surface area (Å²) < 4.78 is 16.0. The smallest absolute Gasteiger partial charge is 0.336 e. The van der Waals surface area contributed by atoms with Crippen LogP contribution in [0, 0.1) is 0 Å². The number of benzene rings is 1. The van der Waals surface area contributed by atoms with Gasteiger partial charge in [0.1, 0.15) is 0 Å². The highest BCUT2D eigenvalue weighted by molar-refractivity contribution is 6.31. The molecule has 0 saturated carbocycles. The van der Waals surface area contributed by atoms with Gasteiger partial charge in [-0.1, -0.05) is 29.8 Å². The Hall–Kier alpha value is -3.37. The summed E-state index contributed by atoms with van der Waals surface area (Å²) in [5.74, 6) is -2.45. The minimum absolute atomic E-state index is 0.0433. The number of carbonyl (C=O) groups is 4. The number of esters is 2. The fourth-order valence-corrected chi connectivity index (χ4v) is 4.12. The Morgan fingerprint density at radius 2 is 1.91 bits per heavy atom. The van der Waals surface area contributed by atoms with Crippen LogP contribution in [0.2, 0.25) is 5.02 Å². The number of dihydropyridines is 1. The molecule has 2 heterocycles. The Morgan fingerprint density at radius 1 is 1.18 bits per heavy atom. The molecule has 0 aliphatic carbocycles. The van der Waals surface area contributed by atoms with Crippen LogP contribution in [0.15, 0.2) is 46.8 Å². The molecule has 11 heteroatoms. The van der Waals surface area contributed by atoms with Gasteiger partial charge in [0.05, 0.1) is 62.8 Å². The summed E-state index contributed by atoms with van der Waals surface area (Å²) in [6.07, 6.45) is 0. The monoisotopic (exact) mass is 491 g/mol. The number of amides is 3. The van der Waals surface area contributed by atoms with E-state index in [1.54, 1.807) is 38.1 Å². The van der Waals surface area contributed by atoms with Crippen LogP contribution >= 0.6 is 11.6 Å². The maximum absolute atomic E-state index is 13.1. The van der Waals surface area contributed by atoms with Crippen molar-refractivity contribution in [2.24, 2.45) is 0 Å². The zero-order chi connectivity index (χ0) is 24.8. The number of carbonyl (C=O) groups excluding carboxylic acids is 4. The molecule has 0 radical (unpaired) electrons. The average molecular weight is 492 g/mol. The minimum Gasteiger partial charge on any atom is -0.466 e. The van der Waals surface area contributed by atoms with Crippen molar-refractivity contribution in [1.82, 2.24) is 15.5 Å². The lowest BCUT2D eigenvalue weighted by molar-refractivity contribution is -0.139. The predicted octanol–water partition coefficient (Wildman–Crippen LogP) is 1.86. The molecule has 0 bridgehead atoms. The lowest BCUT2D eigenvalue weighted by Gasteiger charge is -2.31. The fourth-order valence-electron chi connectivity index (χ4n) is 3.87. The van der Waals surface area contributed by atoms with Crippen molar-refractivity contribution < 1.29 is 33.4 Å². The average Bonchev–Trinajstić information content (AvgIpc) is 3.13. The quantitative estimate of drug-likeness (QED) is 0.305. The number of imide groups is 1. The Balaban J connectivity index is 1.95. The van der Waals surface area contributed by atoms with E-state index in [9.17, 15) is 19.2 Å². The molecule has 10 nitrogen and oxygen atoms in total. The summed E-state index contributed by atoms with van der Waals surface area (Å²) in [7, 11) is 1.26. The van der Waals surface area contributed by atoms with E-state index in [2.05, 4.69) is 10.6 Å². The third-order valence-electron chi connectivity index (χ3n) is 5.40. The fraction of sp³-hybridized carbons (Fsp3) is 0.391. The zero-order valence-corrected chi connectivity index (χ0v) is 19.9. The van der Waals surface area contributed by atoms with Gasteiger partial charge in [0.15, 0.2) is 0 Å². The largest absolute Gasteiger partial charge is 0.466 e. The second-order valence-electron chi connectivity index (χ2n) is 7.48. The zero-order valence-electron chi connectivity index (χ0n) is 19.1. The van der Waals surface area contributed by atoms with Crippen molar-refractivity contribution in [1.29, 1.82) is 0 Å². The normalized spacial score (nSPS) is 18.1. The van der Waals surface area contributed by atoms with Crippen LogP contribution < -0.4 is 10.6 Å². The molecular formula is C23H26ClN3O7. The maximum atomic E-state index is 13.1. The number of nitrogens with zero attached hydrogens (tertiary/aromatic N) is 1. The summed E-state index contributed by atoms with van der Waals surface area (Å²) in [6, 6.07) is 6.42. The van der Waals surface area contributed by atoms with Gasteiger partial charge in [-0.05, 0) is 25.5 Å². The topological polar surface area (TPSA) is 123 Å². The molecule has 1 saturated heterocycles. The number of ether oxygens (including phenoxy) is 3. The molecule has 1 atom stereocenters. The standard InChI is InChI=1S/C23H26ClN3O7/c1-4-34-22(30)20-16(12-33-10-9-27-17(28)11-25-23(27)31)26-13(2)18(21(29)32-3)19(20)14-7-5-6-8-15(14)24/h5-8,19,26H,4,9-12H2,1-3H3,(H,25,31). The van der Waals surface area contributed by atoms with Crippen molar-refractivity contribution >= 4 is 35.5 Å². The van der Waals surface area contributed by atoms with Gasteiger partial charge in [-0.3, -0.25) is 9.69 Å². The molecule has 3 amide bonds. The minimum atomic E-state index is -0.856. The van der Waals surface area contributed by atoms with E-state index < -0.39 is 23.9 Å². The molecular weight excluding hydrogens is 466 g/mol. The molecule has 1 aromatic carbocycles. The first-order chi connectivity index (χ1) is 16.3. The maximum Gasteiger partial charge on any atom is 0.336 e. The van der Waals surface area contributed by atoms with Crippen LogP contribution in [0.4, 0.5) is 4.79 Å². The summed E-state index contributed by atoms with van der Waals surface area (Å²) in [5, 5.41) is 5.87. The first-order valence-electron chi connectivity index (χ1n) is 10.7. The molecule has 182 valence electrons. The summed E-state index contributed by atoms with van der Waals surface area (Å²) in [6.45, 7) is 3.48. The molecule has 1 unspecified atom stereocenters. The van der Waals surface area contributed by atoms with Crippen LogP contribution in [0.5, 0.6) is 0 Å². The van der Waals surface area contributed by atoms with Gasteiger partial charge < -0.3 is 24.8 Å². The van der Waals surface area contributed by atoms with Gasteiger partial charge in [-0.25, -0.2) is 14.4 Å². The lowest BCUT2D eigenvalue weighted by atomic mass is 9.80. The number of rotatable bonds is 9. The molecule has 34 heavy (non-hydrogen) atoms. The molecule has 1 aromatic rings. The van der Waals surface area contributed by atoms with Gasteiger partial charge in [0.25, 0.3) is 0 Å². The highest BCUT2D eigenvalue weighted by Crippen LogP contribution is 2.41. The molecule has 2 aliphatic heterocycles. The van der Waals surface area contributed by atoms with E-state index >= 15 is 0 Å². The SMILES string of the molecule is CCOC(=O)C1=C(COCCN2C(=O)CNC2=O)NC(C)=C(C(=O)OC)C1c1ccccc1Cl. The number of halogens is 1. The Morgan fingerprint density at radius 3 is 2.53 bits per heavy atom. The molecule has 2 N–H and O–H groups in total. The van der Waals surface area contributed by atoms with Crippen LogP contribution in [0.25, 0.3) is 0 Å². The van der Waals surface area contributed by atoms with Gasteiger partial charge in [0, 0.05) is 10.7 Å². The highest BCUT2D eigenvalue weighted by atomic mass is 35.5. The Bertz CT molecular complexity index is 1050. The second-order valence-corrected chi connectivity index (χ2v) is 7.89. The van der Waals surface area contributed by atoms with Crippen LogP contribution in [0.3, 0.4) is 0 Å². The van der Waals surface area contributed by atoms with Crippen molar-refractivity contribution in [2.45, 2.75) is 19.8 Å². The van der Waals surface area contributed by atoms with E-state index in [-0.39, 0.29) is 50.0 Å². The molecule has 0 spiro atoms. The van der Waals surface area contributed by atoms with Crippen molar-refractivity contribution in [3.8, 4) is 0 Å². The van der Waals surface area contributed by atoms with Crippen LogP contribution in [-0.4, -0.2) is 68.8 Å². The number of nitrogens with one attached hydrogen (secondary N) is 2. The van der Waals surface area contributed by atoms with Gasteiger partial charge in [0.2, 0.25) is 5.91 Å². The number of urea groups is 1. The molecule has 0 aromatic heterocycles. The van der Waals surface area contributed by atoms with Crippen LogP contribution in [0.1, 0.15) is 25.3 Å². The molecule has 1 fully saturated rings. The van der Waals surface area contributed by atoms with Crippen molar-refractivity contribution in [2.75, 3.05) is 40.0 Å². The molecule has 2 aliphatic rings. The first-order valence-corrected chi connectivity index (χ1v) is 11.0. The highest BCUT2D eigenvalue weighted by Gasteiger charge is 2.39. The first kappa shape index (κ1) is 25.3. The van der Waals surface area contributed by atoms with E-state index in [0.29, 0.717) is 22.0 Å². The molecule has 3 rings (SSSR count). The van der Waals surface area contributed by atoms with Crippen LogP contribution in [-0.2, 0) is 28.6 Å². The van der Waals surface area contributed by atoms with E-state index in [1.807, 2.05) is 0 Å². The Kier molecular flexibility index (Phi) is 8.30. The van der Waals surface area contributed by atoms with Crippen molar-refractivity contribution in [3.63, 3.8) is 0 Å². The number of allylic oxidation sites excluding steroid dienone is 1. The summed E-state index contributed by atoms with van der Waals surface area (Å²) >= 11 is 6.46. The lowest BCUT2D eigenvalue weighted by Crippen LogP contribution is -2.36. The van der Waals surface area contributed by atoms with E-state index in [1.165, 1.54) is 7.11 Å². The Labute approximate surface area is 201 Å². The number of methoxy groups -OCH3 is 1. The van der Waals surface area contributed by atoms with E-state index in [0.717, 1.165) is 4.90 Å². The number of hydrogen-bond acceptors (Lipinski definition) is 8. The third-order valence-corrected chi connectivity index (χ3v) is 5.75. The van der Waals surface area contributed by atoms with Gasteiger partial charge in [-0.2, -0.15) is 0 Å². The third kappa shape index (κ3) is 5.23. The van der Waals surface area contributed by atoms with E-state index in [4.69, 9.17) is 25.8 Å². The predicted molar refractivity (Wildman–Crippen MR) is 122 cm³/mol. The van der Waals surface area contributed by atoms with Crippen molar-refractivity contribution in [3.05, 3.63) is 57.4 Å². The summed E-state index contributed by atoms with van der Waals surface area (Å²) in [4.78, 5) is 50.3. The second kappa shape index (κ2) is 11.2. The summed E-state index contributed by atoms with van der Waals surface area (Å²) in [5.41, 5.74) is 1.77. The van der Waals surface area contributed by atoms with Gasteiger partial charge in [-0.15, -0.1) is 0 Å². The number of hydrogen-bond donors (Lipinski definition) is 2. The van der Waals surface area contributed by atoms with Gasteiger partial charge >= 0.3 is 18.0 Å².